The van der Waals surface area contributed by atoms with Crippen molar-refractivity contribution in [3.8, 4) is 5.75 Å². The molecular weight excluding hydrogens is 398 g/mol. The molecule has 1 aliphatic rings. The van der Waals surface area contributed by atoms with Gasteiger partial charge in [-0.15, -0.1) is 0 Å². The Morgan fingerprint density at radius 1 is 1.35 bits per heavy atom. The number of ether oxygens (including phenoxy) is 1. The topological polar surface area (TPSA) is 75.7 Å². The third-order valence-electron chi connectivity index (χ3n) is 2.71. The number of hydrogen-bond acceptors (Lipinski definition) is 4. The second kappa shape index (κ2) is 5.96. The average molecular weight is 409 g/mol. The molecule has 1 aromatic carbocycles. The Balaban J connectivity index is 2.35. The zero-order chi connectivity index (χ0) is 14.9. The number of imide groups is 1. The first kappa shape index (κ1) is 15.0. The van der Waals surface area contributed by atoms with E-state index in [2.05, 4.69) is 5.32 Å². The summed E-state index contributed by atoms with van der Waals surface area (Å²) in [5.41, 5.74) is 0.223. The molecule has 1 aliphatic heterocycles. The molecule has 0 unspecified atom stereocenters. The van der Waals surface area contributed by atoms with Crippen molar-refractivity contribution in [3.63, 3.8) is 0 Å². The number of carbonyl (C=O) groups excluding carboxylic acids is 3. The number of carbonyl (C=O) groups is 3. The third kappa shape index (κ3) is 3.04. The number of piperazine rings is 1. The zero-order valence-corrected chi connectivity index (χ0v) is 13.3. The maximum Gasteiger partial charge on any atom is 0.258 e. The standard InChI is InChI=1S/C12H10ClIN2O4/c1-20-9-3-8(14)7(13)2-6(9)12(19)16-4-10(17)15-11(18)5-16/h2-3H,4-5H2,1H3,(H,15,17,18). The van der Waals surface area contributed by atoms with Gasteiger partial charge in [-0.05, 0) is 34.7 Å². The zero-order valence-electron chi connectivity index (χ0n) is 10.4. The van der Waals surface area contributed by atoms with Crippen LogP contribution in [0.25, 0.3) is 0 Å². The van der Waals surface area contributed by atoms with Crippen LogP contribution < -0.4 is 10.1 Å². The van der Waals surface area contributed by atoms with Crippen molar-refractivity contribution in [1.29, 1.82) is 0 Å². The highest BCUT2D eigenvalue weighted by molar-refractivity contribution is 14.1. The van der Waals surface area contributed by atoms with Gasteiger partial charge >= 0.3 is 0 Å². The van der Waals surface area contributed by atoms with Crippen molar-refractivity contribution in [2.75, 3.05) is 20.2 Å². The Morgan fingerprint density at radius 2 is 1.95 bits per heavy atom. The van der Waals surface area contributed by atoms with Gasteiger partial charge in [0, 0.05) is 3.57 Å². The lowest BCUT2D eigenvalue weighted by Crippen LogP contribution is -2.53. The van der Waals surface area contributed by atoms with Crippen molar-refractivity contribution in [1.82, 2.24) is 10.2 Å². The Labute approximate surface area is 133 Å². The van der Waals surface area contributed by atoms with E-state index < -0.39 is 17.7 Å². The molecule has 0 saturated carbocycles. The fourth-order valence-corrected chi connectivity index (χ4v) is 2.42. The van der Waals surface area contributed by atoms with Gasteiger partial charge in [0.1, 0.15) is 18.8 Å². The van der Waals surface area contributed by atoms with Crippen LogP contribution in [0.2, 0.25) is 5.02 Å². The van der Waals surface area contributed by atoms with E-state index in [1.54, 1.807) is 6.07 Å². The summed E-state index contributed by atoms with van der Waals surface area (Å²) in [6.45, 7) is -0.339. The summed E-state index contributed by atoms with van der Waals surface area (Å²) in [5, 5.41) is 2.54. The average Bonchev–Trinajstić information content (AvgIpc) is 2.39. The highest BCUT2D eigenvalue weighted by Gasteiger charge is 2.29. The van der Waals surface area contributed by atoms with Crippen LogP contribution in [0, 0.1) is 3.57 Å². The fourth-order valence-electron chi connectivity index (χ4n) is 1.82. The minimum atomic E-state index is -0.509. The lowest BCUT2D eigenvalue weighted by molar-refractivity contribution is -0.135. The number of halogens is 2. The minimum Gasteiger partial charge on any atom is -0.496 e. The molecule has 0 aromatic heterocycles. The van der Waals surface area contributed by atoms with Crippen molar-refractivity contribution in [3.05, 3.63) is 26.3 Å². The van der Waals surface area contributed by atoms with Crippen molar-refractivity contribution < 1.29 is 19.1 Å². The van der Waals surface area contributed by atoms with E-state index in [1.165, 1.54) is 13.2 Å². The van der Waals surface area contributed by atoms with E-state index in [4.69, 9.17) is 16.3 Å². The number of rotatable bonds is 2. The number of nitrogens with zero attached hydrogens (tertiary/aromatic N) is 1. The largest absolute Gasteiger partial charge is 0.496 e. The van der Waals surface area contributed by atoms with Gasteiger partial charge in [0.15, 0.2) is 0 Å². The van der Waals surface area contributed by atoms with Crippen molar-refractivity contribution >= 4 is 51.9 Å². The first-order chi connectivity index (χ1) is 9.42. The SMILES string of the molecule is COc1cc(I)c(Cl)cc1C(=O)N1CC(=O)NC(=O)C1. The number of methoxy groups -OCH3 is 1. The number of nitrogens with one attached hydrogen (secondary N) is 1. The van der Waals surface area contributed by atoms with Crippen LogP contribution in [0.5, 0.6) is 5.75 Å². The summed E-state index contributed by atoms with van der Waals surface area (Å²) in [6, 6.07) is 3.10. The predicted octanol–water partition coefficient (Wildman–Crippen LogP) is 1.05. The lowest BCUT2D eigenvalue weighted by Gasteiger charge is -2.26. The maximum absolute atomic E-state index is 12.4. The molecule has 0 bridgehead atoms. The Morgan fingerprint density at radius 3 is 2.50 bits per heavy atom. The molecule has 0 atom stereocenters. The van der Waals surface area contributed by atoms with E-state index in [0.717, 1.165) is 8.47 Å². The fraction of sp³-hybridized carbons (Fsp3) is 0.250. The van der Waals surface area contributed by atoms with Crippen LogP contribution >= 0.6 is 34.2 Å². The third-order valence-corrected chi connectivity index (χ3v) is 4.23. The molecule has 2 rings (SSSR count). The molecule has 1 aromatic rings. The van der Waals surface area contributed by atoms with Gasteiger partial charge in [-0.3, -0.25) is 19.7 Å². The molecule has 1 N–H and O–H groups in total. The van der Waals surface area contributed by atoms with E-state index >= 15 is 0 Å². The summed E-state index contributed by atoms with van der Waals surface area (Å²) in [6.07, 6.45) is 0. The molecule has 0 radical (unpaired) electrons. The summed E-state index contributed by atoms with van der Waals surface area (Å²) >= 11 is 8.02. The van der Waals surface area contributed by atoms with Crippen LogP contribution in [0.3, 0.4) is 0 Å². The Bertz CT molecular complexity index is 589. The summed E-state index contributed by atoms with van der Waals surface area (Å²) in [7, 11) is 1.43. The van der Waals surface area contributed by atoms with E-state index in [9.17, 15) is 14.4 Å². The summed E-state index contributed by atoms with van der Waals surface area (Å²) in [5.74, 6) is -1.14. The molecule has 106 valence electrons. The van der Waals surface area contributed by atoms with Gasteiger partial charge in [0.2, 0.25) is 11.8 Å². The van der Waals surface area contributed by atoms with Gasteiger partial charge in [-0.2, -0.15) is 0 Å². The van der Waals surface area contributed by atoms with Crippen molar-refractivity contribution in [2.45, 2.75) is 0 Å². The smallest absolute Gasteiger partial charge is 0.258 e. The van der Waals surface area contributed by atoms with Gasteiger partial charge in [0.25, 0.3) is 5.91 Å². The van der Waals surface area contributed by atoms with Gasteiger partial charge in [-0.25, -0.2) is 0 Å². The number of hydrogen-bond donors (Lipinski definition) is 1. The molecular formula is C12H10ClIN2O4. The quantitative estimate of drug-likeness (QED) is 0.586. The van der Waals surface area contributed by atoms with Crippen LogP contribution in [-0.2, 0) is 9.59 Å². The van der Waals surface area contributed by atoms with Gasteiger partial charge in [-0.1, -0.05) is 11.6 Å². The first-order valence-electron chi connectivity index (χ1n) is 5.57. The van der Waals surface area contributed by atoms with Crippen molar-refractivity contribution in [2.24, 2.45) is 0 Å². The van der Waals surface area contributed by atoms with E-state index in [0.29, 0.717) is 10.8 Å². The molecule has 0 aliphatic carbocycles. The molecule has 3 amide bonds. The first-order valence-corrected chi connectivity index (χ1v) is 7.03. The molecule has 6 nitrogen and oxygen atoms in total. The minimum absolute atomic E-state index is 0.169. The molecule has 1 fully saturated rings. The molecule has 20 heavy (non-hydrogen) atoms. The van der Waals surface area contributed by atoms with Crippen LogP contribution in [0.4, 0.5) is 0 Å². The predicted molar refractivity (Wildman–Crippen MR) is 79.8 cm³/mol. The molecule has 8 heteroatoms. The van der Waals surface area contributed by atoms with Crippen LogP contribution in [-0.4, -0.2) is 42.8 Å². The highest BCUT2D eigenvalue weighted by atomic mass is 127. The molecule has 1 heterocycles. The summed E-state index contributed by atoms with van der Waals surface area (Å²) < 4.78 is 5.89. The molecule has 0 spiro atoms. The Kier molecular flexibility index (Phi) is 4.48. The normalized spacial score (nSPS) is 15.1. The second-order valence-corrected chi connectivity index (χ2v) is 5.67. The highest BCUT2D eigenvalue weighted by Crippen LogP contribution is 2.29. The van der Waals surface area contributed by atoms with E-state index in [-0.39, 0.29) is 18.7 Å². The second-order valence-electron chi connectivity index (χ2n) is 4.10. The Hall–Kier alpha value is -1.35. The number of amides is 3. The monoisotopic (exact) mass is 408 g/mol. The molecule has 1 saturated heterocycles. The van der Waals surface area contributed by atoms with E-state index in [1.807, 2.05) is 22.6 Å². The van der Waals surface area contributed by atoms with Gasteiger partial charge in [0.05, 0.1) is 17.7 Å². The van der Waals surface area contributed by atoms with Crippen LogP contribution in [0.1, 0.15) is 10.4 Å². The maximum atomic E-state index is 12.4. The summed E-state index contributed by atoms with van der Waals surface area (Å²) in [4.78, 5) is 36.2. The number of benzene rings is 1. The van der Waals surface area contributed by atoms with Crippen LogP contribution in [0.15, 0.2) is 12.1 Å². The lowest BCUT2D eigenvalue weighted by atomic mass is 10.1. The van der Waals surface area contributed by atoms with Gasteiger partial charge < -0.3 is 9.64 Å².